The molecule has 0 aromatic carbocycles. The molecule has 4 heterocycles. The van der Waals surface area contributed by atoms with E-state index in [-0.39, 0.29) is 33.6 Å². The molecule has 2 amide bonds. The second kappa shape index (κ2) is 12.9. The van der Waals surface area contributed by atoms with Gasteiger partial charge in [0.1, 0.15) is 11.0 Å². The Balaban J connectivity index is 0.938. The van der Waals surface area contributed by atoms with E-state index in [1.807, 2.05) is 13.8 Å². The molecule has 3 aromatic rings. The van der Waals surface area contributed by atoms with Gasteiger partial charge in [-0.1, -0.05) is 31.5 Å². The van der Waals surface area contributed by atoms with E-state index in [1.165, 1.54) is 53.5 Å². The monoisotopic (exact) mass is 739 g/mol. The summed E-state index contributed by atoms with van der Waals surface area (Å²) in [5, 5.41) is 16.9. The number of nitrogens with zero attached hydrogens (tertiary/aromatic N) is 5. The van der Waals surface area contributed by atoms with E-state index < -0.39 is 27.6 Å². The first-order chi connectivity index (χ1) is 24.1. The number of carbonyl (C=O) groups excluding carboxylic acids is 1. The van der Waals surface area contributed by atoms with Crippen LogP contribution in [0, 0.1) is 28.6 Å². The lowest BCUT2D eigenvalue weighted by atomic mass is 9.89. The van der Waals surface area contributed by atoms with Crippen LogP contribution in [-0.4, -0.2) is 74.9 Å². The van der Waals surface area contributed by atoms with Gasteiger partial charge in [0, 0.05) is 30.4 Å². The topological polar surface area (TPSA) is 169 Å². The van der Waals surface area contributed by atoms with E-state index >= 15 is 0 Å². The second-order valence-electron chi connectivity index (χ2n) is 15.8. The van der Waals surface area contributed by atoms with Crippen LogP contribution in [0.1, 0.15) is 89.4 Å². The third kappa shape index (κ3) is 6.88. The van der Waals surface area contributed by atoms with Gasteiger partial charge in [-0.15, -0.1) is 5.10 Å². The molecule has 2 spiro atoms. The van der Waals surface area contributed by atoms with Crippen LogP contribution in [0.25, 0.3) is 5.82 Å². The summed E-state index contributed by atoms with van der Waals surface area (Å²) in [4.78, 5) is 34.9. The van der Waals surface area contributed by atoms with Crippen molar-refractivity contribution < 1.29 is 27.9 Å². The summed E-state index contributed by atoms with van der Waals surface area (Å²) in [5.74, 6) is 1.44. The third-order valence-electron chi connectivity index (χ3n) is 11.8. The highest BCUT2D eigenvalue weighted by atomic mass is 35.5. The number of ether oxygens (including phenoxy) is 1. The van der Waals surface area contributed by atoms with Crippen LogP contribution in [0.2, 0.25) is 5.15 Å². The van der Waals surface area contributed by atoms with Crippen molar-refractivity contribution in [2.75, 3.05) is 18.5 Å². The Morgan fingerprint density at radius 3 is 2.41 bits per heavy atom. The predicted molar refractivity (Wildman–Crippen MR) is 191 cm³/mol. The third-order valence-corrected chi connectivity index (χ3v) is 13.3. The second-order valence-corrected chi connectivity index (χ2v) is 17.7. The maximum atomic E-state index is 13.3. The molecule has 13 nitrogen and oxygen atoms in total. The van der Waals surface area contributed by atoms with Gasteiger partial charge in [0.2, 0.25) is 5.88 Å². The molecule has 15 heteroatoms. The quantitative estimate of drug-likeness (QED) is 0.158. The molecule has 3 aromatic heterocycles. The van der Waals surface area contributed by atoms with Gasteiger partial charge in [0.15, 0.2) is 10.8 Å². The van der Waals surface area contributed by atoms with E-state index in [2.05, 4.69) is 39.0 Å². The summed E-state index contributed by atoms with van der Waals surface area (Å²) in [6, 6.07) is 9.18. The smallest absolute Gasteiger partial charge is 0.407 e. The first-order valence-corrected chi connectivity index (χ1v) is 19.7. The lowest BCUT2D eigenvalue weighted by Gasteiger charge is -2.28. The van der Waals surface area contributed by atoms with Crippen LogP contribution in [0.5, 0.6) is 5.88 Å². The number of nitrogens with one attached hydrogen (secondary N) is 2. The van der Waals surface area contributed by atoms with Gasteiger partial charge in [-0.3, -0.25) is 4.79 Å². The molecule has 274 valence electrons. The van der Waals surface area contributed by atoms with Crippen molar-refractivity contribution in [2.45, 2.75) is 95.7 Å². The fourth-order valence-electron chi connectivity index (χ4n) is 8.84. The van der Waals surface area contributed by atoms with Crippen molar-refractivity contribution in [2.24, 2.45) is 28.6 Å². The molecular weight excluding hydrogens is 694 g/mol. The molecule has 51 heavy (non-hydrogen) atoms. The molecule has 3 aliphatic carbocycles. The summed E-state index contributed by atoms with van der Waals surface area (Å²) in [5.41, 5.74) is 0.748. The fourth-order valence-corrected chi connectivity index (χ4v) is 10.0. The number of anilines is 1. The number of fused-ring (bicyclic) bond motifs is 1. The number of aromatic nitrogens is 4. The van der Waals surface area contributed by atoms with Gasteiger partial charge < -0.3 is 20.1 Å². The maximum absolute atomic E-state index is 13.3. The molecule has 0 bridgehead atoms. The lowest BCUT2D eigenvalue weighted by Crippen LogP contribution is -2.41. The van der Waals surface area contributed by atoms with Crippen molar-refractivity contribution in [1.29, 1.82) is 0 Å². The minimum absolute atomic E-state index is 0.0414. The molecule has 3 N–H and O–H groups in total. The largest absolute Gasteiger partial charge is 0.477 e. The van der Waals surface area contributed by atoms with E-state index in [0.717, 1.165) is 31.6 Å². The zero-order valence-electron chi connectivity index (χ0n) is 29.4. The van der Waals surface area contributed by atoms with E-state index in [9.17, 15) is 23.1 Å². The maximum Gasteiger partial charge on any atom is 0.407 e. The highest BCUT2D eigenvalue weighted by Crippen LogP contribution is 2.93. The number of hydrogen-bond donors (Lipinski definition) is 3. The zero-order chi connectivity index (χ0) is 36.3. The van der Waals surface area contributed by atoms with E-state index in [4.69, 9.17) is 16.3 Å². The molecule has 7 rings (SSSR count). The van der Waals surface area contributed by atoms with Gasteiger partial charge in [0.25, 0.3) is 15.9 Å². The molecule has 1 aliphatic heterocycles. The van der Waals surface area contributed by atoms with Crippen molar-refractivity contribution >= 4 is 39.4 Å². The number of carboxylic acid groups (broad SMARTS) is 1. The van der Waals surface area contributed by atoms with Crippen LogP contribution in [0.3, 0.4) is 0 Å². The summed E-state index contributed by atoms with van der Waals surface area (Å²) < 4.78 is 36.0. The average molecular weight is 740 g/mol. The Bertz CT molecular complexity index is 1920. The number of pyridine rings is 2. The molecular formula is C36H46ClN7O6S. The summed E-state index contributed by atoms with van der Waals surface area (Å²) in [6.45, 7) is 9.11. The number of carbonyl (C=O) groups is 2. The van der Waals surface area contributed by atoms with Crippen LogP contribution in [0.15, 0.2) is 47.6 Å². The molecule has 1 unspecified atom stereocenters. The predicted octanol–water partition coefficient (Wildman–Crippen LogP) is 6.39. The summed E-state index contributed by atoms with van der Waals surface area (Å²) >= 11 is 6.38. The van der Waals surface area contributed by atoms with Gasteiger partial charge in [-0.05, 0) is 118 Å². The van der Waals surface area contributed by atoms with Crippen LogP contribution in [-0.2, 0) is 10.0 Å². The Morgan fingerprint density at radius 1 is 1.06 bits per heavy atom. The number of sulfonamides is 1. The van der Waals surface area contributed by atoms with Crippen LogP contribution in [0.4, 0.5) is 10.6 Å². The standard InChI is InChI=1S/C36H46ClN7O6S/c1-22(2)25(10-8-23-20-34(3,4)43(21-23)33(46)47)38-27-6-5-7-30(39-27)51(48,49)42-32(45)24-9-11-28(40-31(24)37)44-18-12-29(41-44)50-19-13-26-35(14-15-35)36(26)16-17-36/h5-7,9,11-12,18,22-23,25-26H,8,10,13-17,19-21H2,1-4H3,(H,38,39)(H,42,45)(H,46,47)/t23-,25?/m1/s1. The number of hydrogen-bond acceptors (Lipinski definition) is 9. The molecule has 1 saturated heterocycles. The minimum Gasteiger partial charge on any atom is -0.477 e. The molecule has 0 radical (unpaired) electrons. The first kappa shape index (κ1) is 35.5. The highest BCUT2D eigenvalue weighted by molar-refractivity contribution is 7.90. The van der Waals surface area contributed by atoms with Gasteiger partial charge >= 0.3 is 6.09 Å². The van der Waals surface area contributed by atoms with Crippen LogP contribution >= 0.6 is 11.6 Å². The van der Waals surface area contributed by atoms with E-state index in [0.29, 0.717) is 41.5 Å². The summed E-state index contributed by atoms with van der Waals surface area (Å²) in [6.07, 6.45) is 9.66. The van der Waals surface area contributed by atoms with Gasteiger partial charge in [-0.2, -0.15) is 8.42 Å². The minimum atomic E-state index is -4.36. The van der Waals surface area contributed by atoms with Gasteiger partial charge in [-0.25, -0.2) is 24.2 Å². The first-order valence-electron chi connectivity index (χ1n) is 17.8. The Kier molecular flexibility index (Phi) is 9.01. The number of halogens is 1. The number of likely N-dealkylation sites (tertiary alicyclic amines) is 1. The molecule has 2 atom stereocenters. The van der Waals surface area contributed by atoms with E-state index in [1.54, 1.807) is 24.4 Å². The molecule has 3 saturated carbocycles. The van der Waals surface area contributed by atoms with Crippen molar-refractivity contribution in [3.05, 3.63) is 53.3 Å². The zero-order valence-corrected chi connectivity index (χ0v) is 31.0. The SMILES string of the molecule is CC(C)C(CC[C@H]1CN(C(=O)O)C(C)(C)C1)Nc1cccc(S(=O)(=O)NC(=O)c2ccc(-n3ccc(OCCC4C5(CC5)C45CC5)n3)nc2Cl)n1. The molecule has 4 aliphatic rings. The van der Waals surface area contributed by atoms with Crippen molar-refractivity contribution in [3.63, 3.8) is 0 Å². The van der Waals surface area contributed by atoms with Crippen LogP contribution < -0.4 is 14.8 Å². The Labute approximate surface area is 303 Å². The highest BCUT2D eigenvalue weighted by Gasteiger charge is 2.85. The van der Waals surface area contributed by atoms with Crippen molar-refractivity contribution in [1.82, 2.24) is 29.4 Å². The average Bonchev–Trinajstić information content (AvgIpc) is 4.02. The summed E-state index contributed by atoms with van der Waals surface area (Å²) in [7, 11) is -4.36. The number of rotatable bonds is 14. The lowest BCUT2D eigenvalue weighted by molar-refractivity contribution is 0.0980. The Morgan fingerprint density at radius 2 is 1.78 bits per heavy atom. The Hall–Kier alpha value is -3.91. The normalized spacial score (nSPS) is 21.5. The van der Waals surface area contributed by atoms with Crippen molar-refractivity contribution in [3.8, 4) is 11.7 Å². The number of amides is 2. The fraction of sp³-hybridized carbons (Fsp3) is 0.583. The van der Waals surface area contributed by atoms with Gasteiger partial charge in [0.05, 0.1) is 12.2 Å². The molecule has 4 fully saturated rings.